The van der Waals surface area contributed by atoms with Crippen molar-refractivity contribution in [3.63, 3.8) is 0 Å². The van der Waals surface area contributed by atoms with E-state index in [9.17, 15) is 14.7 Å². The van der Waals surface area contributed by atoms with Crippen LogP contribution in [0.25, 0.3) is 16.6 Å². The Morgan fingerprint density at radius 1 is 0.781 bits per heavy atom. The highest BCUT2D eigenvalue weighted by Gasteiger charge is 2.49. The van der Waals surface area contributed by atoms with E-state index in [0.29, 0.717) is 78.4 Å². The smallest absolute Gasteiger partial charge is 0.280 e. The number of methoxy groups -OCH3 is 1. The fourth-order valence-electron chi connectivity index (χ4n) is 11.1. The van der Waals surface area contributed by atoms with E-state index in [4.69, 9.17) is 29.5 Å². The number of hydrogen-bond donors (Lipinski definition) is 2. The molecule has 1 saturated carbocycles. The van der Waals surface area contributed by atoms with Gasteiger partial charge in [0.1, 0.15) is 24.1 Å². The van der Waals surface area contributed by atoms with Gasteiger partial charge in [-0.25, -0.2) is 19.5 Å². The first-order valence-corrected chi connectivity index (χ1v) is 25.5. The summed E-state index contributed by atoms with van der Waals surface area (Å²) in [4.78, 5) is 49.8. The molecule has 5 aromatic carbocycles. The molecule has 0 saturated heterocycles. The second-order valence-electron chi connectivity index (χ2n) is 20.0. The van der Waals surface area contributed by atoms with Gasteiger partial charge in [-0.1, -0.05) is 122 Å². The molecule has 11 rings (SSSR count). The Morgan fingerprint density at radius 2 is 1.51 bits per heavy atom. The van der Waals surface area contributed by atoms with E-state index >= 15 is 0 Å². The normalized spacial score (nSPS) is 15.7. The van der Waals surface area contributed by atoms with Crippen LogP contribution in [0.1, 0.15) is 113 Å². The highest BCUT2D eigenvalue weighted by atomic mass is 16.5. The number of rotatable bonds is 17. The number of aliphatic hydroxyl groups is 1. The number of ether oxygens (including phenoxy) is 2. The zero-order chi connectivity index (χ0) is 50.2. The Hall–Kier alpha value is -7.84. The van der Waals surface area contributed by atoms with Gasteiger partial charge in [-0.05, 0) is 103 Å². The average Bonchev–Trinajstić information content (AvgIpc) is 4.20. The van der Waals surface area contributed by atoms with Crippen molar-refractivity contribution in [3.05, 3.63) is 194 Å². The lowest BCUT2D eigenvalue weighted by molar-refractivity contribution is 0.0855. The summed E-state index contributed by atoms with van der Waals surface area (Å²) in [5, 5.41) is 15.9. The van der Waals surface area contributed by atoms with Gasteiger partial charge in [-0.15, -0.1) is 0 Å². The van der Waals surface area contributed by atoms with Crippen LogP contribution in [-0.2, 0) is 32.4 Å². The van der Waals surface area contributed by atoms with E-state index in [1.54, 1.807) is 30.4 Å². The number of H-pyrrole nitrogens is 1. The summed E-state index contributed by atoms with van der Waals surface area (Å²) < 4.78 is 15.9. The number of aliphatic imine (C=N–C) groups is 1. The number of amides is 1. The second kappa shape index (κ2) is 20.0. The van der Waals surface area contributed by atoms with E-state index in [2.05, 4.69) is 75.1 Å². The first kappa shape index (κ1) is 47.5. The molecular formula is C59H61N9O5. The summed E-state index contributed by atoms with van der Waals surface area (Å²) in [6.07, 6.45) is 6.99. The predicted octanol–water partition coefficient (Wildman–Crippen LogP) is 9.47. The number of aryl methyl sites for hydroxylation is 2. The summed E-state index contributed by atoms with van der Waals surface area (Å²) >= 11 is 0. The predicted molar refractivity (Wildman–Crippen MR) is 283 cm³/mol. The molecule has 1 fully saturated rings. The minimum Gasteiger partial charge on any atom is -0.493 e. The van der Waals surface area contributed by atoms with Crippen LogP contribution in [0.5, 0.6) is 11.5 Å². The highest BCUT2D eigenvalue weighted by molar-refractivity contribution is 6.18. The molecule has 2 atom stereocenters. The molecular weight excluding hydrogens is 915 g/mol. The maximum Gasteiger partial charge on any atom is 0.280 e. The largest absolute Gasteiger partial charge is 0.493 e. The number of nitrogens with one attached hydrogen (secondary N) is 1. The zero-order valence-corrected chi connectivity index (χ0v) is 41.9. The molecule has 2 aliphatic heterocycles. The quantitative estimate of drug-likeness (QED) is 0.0908. The van der Waals surface area contributed by atoms with Gasteiger partial charge >= 0.3 is 0 Å². The van der Waals surface area contributed by atoms with E-state index in [0.717, 1.165) is 90.1 Å². The molecule has 8 aromatic rings. The van der Waals surface area contributed by atoms with Crippen molar-refractivity contribution in [2.24, 2.45) is 4.99 Å². The maximum absolute atomic E-state index is 14.2. The standard InChI is InChI=1S/C59H61N9O5/c1-38-52-56(70)61-50(64-68(52)54(60-38)47(39(2)69)22-14-19-40-15-7-5-8-16-40)33-43-25-28-48(72-4)49(32-43)73-36-44-20-13-21-46(31-44)45-26-23-41(24-27-45)34-51-62-55-53(66(51)35-42-17-9-6-10-18-42)57(71)65(3)58-63-59(37-67(55)58)29-11-12-30-59/h5-10,13,15-18,20-21,23-28,31-32,39,47,69H,11-12,14,19,22,29-30,33-37H2,1-4H3,(H,61,64,70). The van der Waals surface area contributed by atoms with Crippen LogP contribution >= 0.6 is 0 Å². The van der Waals surface area contributed by atoms with Crippen LogP contribution in [-0.4, -0.2) is 83.4 Å². The zero-order valence-electron chi connectivity index (χ0n) is 41.9. The van der Waals surface area contributed by atoms with Crippen molar-refractivity contribution in [2.75, 3.05) is 25.6 Å². The number of carbonyl (C=O) groups is 1. The van der Waals surface area contributed by atoms with Crippen LogP contribution in [0.3, 0.4) is 0 Å². The molecule has 73 heavy (non-hydrogen) atoms. The first-order valence-electron chi connectivity index (χ1n) is 25.5. The van der Waals surface area contributed by atoms with Gasteiger partial charge in [0.15, 0.2) is 28.5 Å². The van der Waals surface area contributed by atoms with Crippen molar-refractivity contribution in [3.8, 4) is 22.6 Å². The van der Waals surface area contributed by atoms with E-state index in [-0.39, 0.29) is 22.9 Å². The van der Waals surface area contributed by atoms with Crippen LogP contribution < -0.4 is 19.9 Å². The summed E-state index contributed by atoms with van der Waals surface area (Å²) in [6.45, 7) is 5.16. The molecule has 2 unspecified atom stereocenters. The van der Waals surface area contributed by atoms with Crippen molar-refractivity contribution >= 4 is 23.2 Å². The third-order valence-electron chi connectivity index (χ3n) is 14.9. The number of anilines is 1. The van der Waals surface area contributed by atoms with Crippen LogP contribution in [0.2, 0.25) is 0 Å². The number of guanidine groups is 1. The van der Waals surface area contributed by atoms with E-state index < -0.39 is 6.10 Å². The molecule has 3 aromatic heterocycles. The topological polar surface area (TPSA) is 155 Å². The summed E-state index contributed by atoms with van der Waals surface area (Å²) in [7, 11) is 3.46. The molecule has 0 bridgehead atoms. The Balaban J connectivity index is 0.791. The van der Waals surface area contributed by atoms with Gasteiger partial charge in [0, 0.05) is 32.4 Å². The van der Waals surface area contributed by atoms with Gasteiger partial charge in [0.2, 0.25) is 5.96 Å². The molecule has 372 valence electrons. The van der Waals surface area contributed by atoms with E-state index in [1.807, 2.05) is 73.8 Å². The van der Waals surface area contributed by atoms with Gasteiger partial charge in [-0.3, -0.25) is 19.4 Å². The van der Waals surface area contributed by atoms with Crippen molar-refractivity contribution in [1.82, 2.24) is 34.0 Å². The van der Waals surface area contributed by atoms with Gasteiger partial charge in [-0.2, -0.15) is 5.10 Å². The highest BCUT2D eigenvalue weighted by Crippen LogP contribution is 2.43. The molecule has 2 N–H and O–H groups in total. The summed E-state index contributed by atoms with van der Waals surface area (Å²) in [6, 6.07) is 43.2. The van der Waals surface area contributed by atoms with Gasteiger partial charge < -0.3 is 24.1 Å². The third kappa shape index (κ3) is 9.54. The molecule has 1 spiro atoms. The number of aliphatic hydroxyl groups excluding tert-OH is 1. The third-order valence-corrected chi connectivity index (χ3v) is 14.9. The number of aromatic amines is 1. The monoisotopic (exact) mass is 975 g/mol. The van der Waals surface area contributed by atoms with Crippen molar-refractivity contribution in [1.29, 1.82) is 0 Å². The molecule has 3 aliphatic rings. The van der Waals surface area contributed by atoms with Crippen LogP contribution in [0, 0.1) is 6.92 Å². The van der Waals surface area contributed by atoms with Crippen LogP contribution in [0.15, 0.2) is 137 Å². The first-order chi connectivity index (χ1) is 35.5. The maximum atomic E-state index is 14.2. The average molecular weight is 976 g/mol. The van der Waals surface area contributed by atoms with Crippen molar-refractivity contribution < 1.29 is 19.4 Å². The van der Waals surface area contributed by atoms with Gasteiger partial charge in [0.25, 0.3) is 11.5 Å². The van der Waals surface area contributed by atoms with E-state index in [1.165, 1.54) is 5.56 Å². The minimum atomic E-state index is -0.687. The number of fused-ring (bicyclic) bond motifs is 4. The molecule has 5 heterocycles. The Kier molecular flexibility index (Phi) is 13.0. The number of hydrogen-bond acceptors (Lipinski definition) is 10. The molecule has 14 heteroatoms. The lowest BCUT2D eigenvalue weighted by atomic mass is 9.94. The second-order valence-corrected chi connectivity index (χ2v) is 20.0. The molecule has 1 amide bonds. The summed E-state index contributed by atoms with van der Waals surface area (Å²) in [5.74, 6) is 4.10. The Labute approximate surface area is 425 Å². The van der Waals surface area contributed by atoms with Crippen LogP contribution in [0.4, 0.5) is 5.82 Å². The fourth-order valence-corrected chi connectivity index (χ4v) is 11.1. The Bertz CT molecular complexity index is 3390. The number of imidazole rings is 2. The Morgan fingerprint density at radius 3 is 2.25 bits per heavy atom. The molecule has 14 nitrogen and oxygen atoms in total. The number of benzene rings is 5. The number of carbonyl (C=O) groups excluding carboxylic acids is 1. The number of nitrogens with zero attached hydrogens (tertiary/aromatic N) is 8. The van der Waals surface area contributed by atoms with Gasteiger partial charge in [0.05, 0.1) is 31.0 Å². The van der Waals surface area contributed by atoms with Crippen molar-refractivity contribution in [2.45, 2.75) is 102 Å². The SMILES string of the molecule is COc1ccc(Cc2nn3c(C(CCCc4ccccc4)C(C)O)nc(C)c3c(=O)[nH]2)cc1OCc1cccc(-c2ccc(Cc3nc4c(n3Cc3ccccc3)C(=O)N(C)C3=NC5(CCCC5)CN34)cc2)c1. The molecule has 0 radical (unpaired) electrons. The summed E-state index contributed by atoms with van der Waals surface area (Å²) in [5.41, 5.74) is 8.55. The number of aromatic nitrogens is 6. The fraction of sp³-hybridized carbons (Fsp3) is 0.322. The lowest BCUT2D eigenvalue weighted by Gasteiger charge is -2.31. The lowest BCUT2D eigenvalue weighted by Crippen LogP contribution is -2.49. The molecule has 1 aliphatic carbocycles. The minimum absolute atomic E-state index is 0.0727.